The number of hydrogen-bond donors (Lipinski definition) is 2. The van der Waals surface area contributed by atoms with Crippen molar-refractivity contribution in [3.63, 3.8) is 0 Å². The molecule has 0 radical (unpaired) electrons. The monoisotopic (exact) mass is 491 g/mol. The molecule has 2 fully saturated rings. The van der Waals surface area contributed by atoms with E-state index in [0.29, 0.717) is 25.1 Å². The minimum Gasteiger partial charge on any atom is -0.497 e. The van der Waals surface area contributed by atoms with E-state index in [1.807, 2.05) is 0 Å². The van der Waals surface area contributed by atoms with Gasteiger partial charge >= 0.3 is 6.18 Å². The van der Waals surface area contributed by atoms with Gasteiger partial charge < -0.3 is 20.1 Å². The first-order valence-corrected chi connectivity index (χ1v) is 11.6. The van der Waals surface area contributed by atoms with E-state index in [1.165, 1.54) is 31.5 Å². The number of nitrogens with zero attached hydrogens (tertiary/aromatic N) is 1. The highest BCUT2D eigenvalue weighted by atomic mass is 19.4. The second-order valence-corrected chi connectivity index (χ2v) is 9.09. The normalized spacial score (nSPS) is 19.2. The maximum Gasteiger partial charge on any atom is 0.420 e. The van der Waals surface area contributed by atoms with E-state index in [0.717, 1.165) is 31.7 Å². The minimum absolute atomic E-state index is 0.0732. The van der Waals surface area contributed by atoms with Gasteiger partial charge in [0.25, 0.3) is 0 Å². The first-order valence-electron chi connectivity index (χ1n) is 11.6. The standard InChI is InChI=1S/C25H28F3N3O4/c1-34-19-7-8-22(21(12-19)25(26,27)28)35-20-6-5-17(29-15-20)14-30-23(33)24(9-10-24)31-13-16-3-2-4-18(32)11-16/h5-8,12,15-16,31H,2-4,9-11,13-14H2,1H3,(H,30,33). The molecular formula is C25H28F3N3O4. The van der Waals surface area contributed by atoms with Crippen LogP contribution in [0.15, 0.2) is 36.5 Å². The van der Waals surface area contributed by atoms with Crippen molar-refractivity contribution < 1.29 is 32.2 Å². The number of Topliss-reactive ketones (excluding diaryl/α,β-unsaturated/α-hetero) is 1. The van der Waals surface area contributed by atoms with E-state index in [-0.39, 0.29) is 41.4 Å². The first kappa shape index (κ1) is 25.0. The number of ether oxygens (including phenoxy) is 2. The zero-order valence-corrected chi connectivity index (χ0v) is 19.4. The van der Waals surface area contributed by atoms with Crippen molar-refractivity contribution in [2.75, 3.05) is 13.7 Å². The fraction of sp³-hybridized carbons (Fsp3) is 0.480. The van der Waals surface area contributed by atoms with Gasteiger partial charge in [-0.2, -0.15) is 13.2 Å². The van der Waals surface area contributed by atoms with Crippen molar-refractivity contribution in [2.45, 2.75) is 56.8 Å². The number of carbonyl (C=O) groups excluding carboxylic acids is 2. The molecule has 7 nitrogen and oxygen atoms in total. The number of amides is 1. The number of pyridine rings is 1. The van der Waals surface area contributed by atoms with Gasteiger partial charge in [-0.3, -0.25) is 14.6 Å². The molecule has 2 saturated carbocycles. The number of aromatic nitrogens is 1. The summed E-state index contributed by atoms with van der Waals surface area (Å²) in [7, 11) is 1.29. The van der Waals surface area contributed by atoms with Gasteiger partial charge in [0.1, 0.15) is 28.6 Å². The van der Waals surface area contributed by atoms with Gasteiger partial charge in [-0.25, -0.2) is 0 Å². The number of carbonyl (C=O) groups is 2. The van der Waals surface area contributed by atoms with Crippen molar-refractivity contribution in [2.24, 2.45) is 5.92 Å². The molecule has 0 bridgehead atoms. The van der Waals surface area contributed by atoms with Crippen molar-refractivity contribution in [1.29, 1.82) is 0 Å². The second-order valence-electron chi connectivity index (χ2n) is 9.09. The highest BCUT2D eigenvalue weighted by molar-refractivity contribution is 5.89. The van der Waals surface area contributed by atoms with Gasteiger partial charge in [0.15, 0.2) is 0 Å². The van der Waals surface area contributed by atoms with Crippen LogP contribution in [-0.4, -0.2) is 35.9 Å². The Kier molecular flexibility index (Phi) is 7.30. The summed E-state index contributed by atoms with van der Waals surface area (Å²) in [6.45, 7) is 0.829. The Morgan fingerprint density at radius 3 is 2.60 bits per heavy atom. The smallest absolute Gasteiger partial charge is 0.420 e. The van der Waals surface area contributed by atoms with Crippen LogP contribution < -0.4 is 20.1 Å². The molecule has 1 atom stereocenters. The third kappa shape index (κ3) is 6.30. The first-order chi connectivity index (χ1) is 16.7. The highest BCUT2D eigenvalue weighted by Crippen LogP contribution is 2.40. The van der Waals surface area contributed by atoms with E-state index in [4.69, 9.17) is 9.47 Å². The average molecular weight is 492 g/mol. The lowest BCUT2D eigenvalue weighted by Crippen LogP contribution is -2.48. The summed E-state index contributed by atoms with van der Waals surface area (Å²) in [6, 6.07) is 6.55. The third-order valence-corrected chi connectivity index (χ3v) is 6.45. The molecule has 2 aromatic rings. The minimum atomic E-state index is -4.61. The molecule has 2 N–H and O–H groups in total. The van der Waals surface area contributed by atoms with E-state index < -0.39 is 17.3 Å². The number of methoxy groups -OCH3 is 1. The Balaban J connectivity index is 1.30. The lowest BCUT2D eigenvalue weighted by Gasteiger charge is -2.24. The Morgan fingerprint density at radius 1 is 1.20 bits per heavy atom. The van der Waals surface area contributed by atoms with E-state index in [9.17, 15) is 22.8 Å². The van der Waals surface area contributed by atoms with Gasteiger partial charge in [0.05, 0.1) is 31.1 Å². The molecule has 0 aliphatic heterocycles. The average Bonchev–Trinajstić information content (AvgIpc) is 3.63. The lowest BCUT2D eigenvalue weighted by molar-refractivity contribution is -0.138. The lowest BCUT2D eigenvalue weighted by atomic mass is 9.88. The van der Waals surface area contributed by atoms with E-state index >= 15 is 0 Å². The summed E-state index contributed by atoms with van der Waals surface area (Å²) in [4.78, 5) is 28.6. The van der Waals surface area contributed by atoms with Gasteiger partial charge in [0.2, 0.25) is 5.91 Å². The Morgan fingerprint density at radius 2 is 1.97 bits per heavy atom. The largest absolute Gasteiger partial charge is 0.497 e. The predicted molar refractivity (Wildman–Crippen MR) is 121 cm³/mol. The maximum absolute atomic E-state index is 13.4. The Labute approximate surface area is 201 Å². The Bertz CT molecular complexity index is 1070. The number of benzene rings is 1. The number of halogens is 3. The molecular weight excluding hydrogens is 463 g/mol. The summed E-state index contributed by atoms with van der Waals surface area (Å²) < 4.78 is 50.4. The van der Waals surface area contributed by atoms with Crippen LogP contribution in [0.25, 0.3) is 0 Å². The highest BCUT2D eigenvalue weighted by Gasteiger charge is 2.49. The summed E-state index contributed by atoms with van der Waals surface area (Å²) in [6.07, 6.45) is 1.32. The van der Waals surface area contributed by atoms with Crippen molar-refractivity contribution in [3.05, 3.63) is 47.8 Å². The molecule has 35 heavy (non-hydrogen) atoms. The van der Waals surface area contributed by atoms with Crippen LogP contribution in [0.5, 0.6) is 17.2 Å². The second kappa shape index (κ2) is 10.2. The molecule has 4 rings (SSSR count). The SMILES string of the molecule is COc1ccc(Oc2ccc(CNC(=O)C3(NCC4CCCC(=O)C4)CC3)nc2)c(C(F)(F)F)c1. The van der Waals surface area contributed by atoms with Crippen molar-refractivity contribution in [1.82, 2.24) is 15.6 Å². The van der Waals surface area contributed by atoms with Crippen LogP contribution in [0.3, 0.4) is 0 Å². The summed E-state index contributed by atoms with van der Waals surface area (Å²) in [5.74, 6) is 0.302. The number of hydrogen-bond acceptors (Lipinski definition) is 6. The molecule has 1 aromatic heterocycles. The quantitative estimate of drug-likeness (QED) is 0.541. The maximum atomic E-state index is 13.4. The summed E-state index contributed by atoms with van der Waals surface area (Å²) in [5, 5.41) is 6.23. The molecule has 1 amide bonds. The summed E-state index contributed by atoms with van der Waals surface area (Å²) in [5.41, 5.74) is -0.996. The number of ketones is 1. The van der Waals surface area contributed by atoms with Gasteiger partial charge in [-0.1, -0.05) is 0 Å². The van der Waals surface area contributed by atoms with E-state index in [1.54, 1.807) is 6.07 Å². The zero-order valence-electron chi connectivity index (χ0n) is 19.4. The third-order valence-electron chi connectivity index (χ3n) is 6.45. The number of nitrogens with one attached hydrogen (secondary N) is 2. The fourth-order valence-electron chi connectivity index (χ4n) is 4.23. The van der Waals surface area contributed by atoms with Crippen LogP contribution in [0.1, 0.15) is 49.8 Å². The molecule has 2 aliphatic rings. The van der Waals surface area contributed by atoms with Crippen LogP contribution in [0.4, 0.5) is 13.2 Å². The molecule has 1 unspecified atom stereocenters. The molecule has 1 aromatic carbocycles. The van der Waals surface area contributed by atoms with Crippen molar-refractivity contribution >= 4 is 11.7 Å². The molecule has 0 saturated heterocycles. The molecule has 1 heterocycles. The molecule has 0 spiro atoms. The number of alkyl halides is 3. The zero-order chi connectivity index (χ0) is 25.1. The van der Waals surface area contributed by atoms with Crippen LogP contribution in [-0.2, 0) is 22.3 Å². The molecule has 10 heteroatoms. The fourth-order valence-corrected chi connectivity index (χ4v) is 4.23. The number of rotatable bonds is 9. The molecule has 188 valence electrons. The van der Waals surface area contributed by atoms with Crippen LogP contribution in [0, 0.1) is 5.92 Å². The van der Waals surface area contributed by atoms with Gasteiger partial charge in [0, 0.05) is 12.8 Å². The summed E-state index contributed by atoms with van der Waals surface area (Å²) >= 11 is 0. The van der Waals surface area contributed by atoms with Crippen LogP contribution >= 0.6 is 0 Å². The Hall–Kier alpha value is -3.14. The van der Waals surface area contributed by atoms with Gasteiger partial charge in [-0.15, -0.1) is 0 Å². The molecule has 2 aliphatic carbocycles. The van der Waals surface area contributed by atoms with Crippen molar-refractivity contribution in [3.8, 4) is 17.2 Å². The van der Waals surface area contributed by atoms with Crippen LogP contribution in [0.2, 0.25) is 0 Å². The van der Waals surface area contributed by atoms with E-state index in [2.05, 4.69) is 15.6 Å². The van der Waals surface area contributed by atoms with Gasteiger partial charge in [-0.05, 0) is 68.5 Å². The predicted octanol–water partition coefficient (Wildman–Crippen LogP) is 4.40. The topological polar surface area (TPSA) is 89.5 Å².